The number of rotatable bonds is 6. The van der Waals surface area contributed by atoms with Gasteiger partial charge in [-0.25, -0.2) is 4.98 Å². The number of nitrogens with one attached hydrogen (secondary N) is 2. The summed E-state index contributed by atoms with van der Waals surface area (Å²) in [5.41, 5.74) is 0. The molecule has 2 heterocycles. The molecule has 2 aromatic rings. The molecule has 7 heteroatoms. The monoisotopic (exact) mass is 419 g/mol. The molecule has 0 saturated heterocycles. The molecule has 0 fully saturated rings. The number of halogens is 1. The van der Waals surface area contributed by atoms with E-state index in [4.69, 9.17) is 0 Å². The van der Waals surface area contributed by atoms with Gasteiger partial charge in [-0.3, -0.25) is 4.99 Å². The normalized spacial score (nSPS) is 11.0. The number of guanidine groups is 1. The van der Waals surface area contributed by atoms with Gasteiger partial charge in [0.1, 0.15) is 5.01 Å². The van der Waals surface area contributed by atoms with Crippen molar-refractivity contribution in [3.8, 4) is 0 Å². The van der Waals surface area contributed by atoms with Crippen LogP contribution in [0.2, 0.25) is 0 Å². The highest BCUT2D eigenvalue weighted by Gasteiger charge is 2.02. The maximum absolute atomic E-state index is 4.38. The third kappa shape index (κ3) is 6.04. The van der Waals surface area contributed by atoms with Crippen molar-refractivity contribution < 1.29 is 0 Å². The van der Waals surface area contributed by atoms with E-state index in [0.717, 1.165) is 30.5 Å². The van der Waals surface area contributed by atoms with Crippen LogP contribution in [0, 0.1) is 0 Å². The van der Waals surface area contributed by atoms with Gasteiger partial charge in [0.25, 0.3) is 0 Å². The summed E-state index contributed by atoms with van der Waals surface area (Å²) < 4.78 is 2.13. The number of aliphatic imine (C=N–C) groups is 1. The van der Waals surface area contributed by atoms with Crippen LogP contribution in [-0.2, 0) is 19.5 Å². The Labute approximate surface area is 146 Å². The van der Waals surface area contributed by atoms with Gasteiger partial charge in [-0.05, 0) is 18.6 Å². The van der Waals surface area contributed by atoms with Crippen LogP contribution < -0.4 is 10.6 Å². The second-order valence-corrected chi connectivity index (χ2v) is 5.55. The predicted molar refractivity (Wildman–Crippen MR) is 99.5 cm³/mol. The summed E-state index contributed by atoms with van der Waals surface area (Å²) in [7, 11) is 1.78. The molecule has 0 aromatic carbocycles. The van der Waals surface area contributed by atoms with Crippen molar-refractivity contribution in [1.29, 1.82) is 0 Å². The van der Waals surface area contributed by atoms with E-state index in [1.807, 2.05) is 18.3 Å². The Morgan fingerprint density at radius 2 is 2.10 bits per heavy atom. The summed E-state index contributed by atoms with van der Waals surface area (Å²) in [5.74, 6) is 0.811. The molecule has 0 radical (unpaired) electrons. The molecule has 0 saturated carbocycles. The summed E-state index contributed by atoms with van der Waals surface area (Å²) >= 11 is 1.75. The van der Waals surface area contributed by atoms with E-state index < -0.39 is 0 Å². The van der Waals surface area contributed by atoms with Crippen molar-refractivity contribution in [2.24, 2.45) is 4.99 Å². The van der Waals surface area contributed by atoms with Gasteiger partial charge in [0.05, 0.1) is 6.54 Å². The zero-order valence-corrected chi connectivity index (χ0v) is 15.5. The fourth-order valence-corrected chi connectivity index (χ4v) is 2.60. The molecule has 0 aliphatic carbocycles. The van der Waals surface area contributed by atoms with E-state index in [1.54, 1.807) is 18.4 Å². The number of aromatic nitrogens is 2. The second kappa shape index (κ2) is 9.78. The van der Waals surface area contributed by atoms with Crippen molar-refractivity contribution in [2.75, 3.05) is 13.6 Å². The van der Waals surface area contributed by atoms with Crippen molar-refractivity contribution >= 4 is 41.3 Å². The second-order valence-electron chi connectivity index (χ2n) is 4.35. The van der Waals surface area contributed by atoms with Crippen molar-refractivity contribution in [3.63, 3.8) is 0 Å². The maximum atomic E-state index is 4.38. The van der Waals surface area contributed by atoms with E-state index in [-0.39, 0.29) is 24.0 Å². The summed E-state index contributed by atoms with van der Waals surface area (Å²) in [6, 6.07) is 4.06. The van der Waals surface area contributed by atoms with Crippen LogP contribution in [0.15, 0.2) is 35.7 Å². The van der Waals surface area contributed by atoms with E-state index in [2.05, 4.69) is 44.5 Å². The van der Waals surface area contributed by atoms with Gasteiger partial charge < -0.3 is 15.2 Å². The molecule has 0 unspecified atom stereocenters. The molecule has 0 atom stereocenters. The molecule has 5 nitrogen and oxygen atoms in total. The topological polar surface area (TPSA) is 54.2 Å². The first-order valence-electron chi connectivity index (χ1n) is 6.80. The minimum atomic E-state index is 0. The Kier molecular flexibility index (Phi) is 8.36. The molecule has 0 bridgehead atoms. The summed E-state index contributed by atoms with van der Waals surface area (Å²) in [6.45, 7) is 4.62. The lowest BCUT2D eigenvalue weighted by Crippen LogP contribution is -2.38. The fraction of sp³-hybridized carbons (Fsp3) is 0.429. The number of nitrogens with zero attached hydrogens (tertiary/aromatic N) is 3. The minimum Gasteiger partial charge on any atom is -0.355 e. The van der Waals surface area contributed by atoms with Crippen LogP contribution >= 0.6 is 35.3 Å². The van der Waals surface area contributed by atoms with Crippen molar-refractivity contribution in [2.45, 2.75) is 26.4 Å². The van der Waals surface area contributed by atoms with E-state index in [1.165, 1.54) is 4.88 Å². The summed E-state index contributed by atoms with van der Waals surface area (Å²) in [4.78, 5) is 9.91. The Balaban J connectivity index is 0.00000220. The number of hydrogen-bond acceptors (Lipinski definition) is 3. The van der Waals surface area contributed by atoms with Gasteiger partial charge in [-0.2, -0.15) is 0 Å². The minimum absolute atomic E-state index is 0. The lowest BCUT2D eigenvalue weighted by atomic mass is 10.4. The van der Waals surface area contributed by atoms with Crippen molar-refractivity contribution in [1.82, 2.24) is 20.2 Å². The Bertz CT molecular complexity index is 535. The van der Waals surface area contributed by atoms with Crippen LogP contribution in [0.5, 0.6) is 0 Å². The molecule has 2 aromatic heterocycles. The fourth-order valence-electron chi connectivity index (χ4n) is 1.80. The average molecular weight is 419 g/mol. The van der Waals surface area contributed by atoms with Gasteiger partial charge in [-0.15, -0.1) is 35.3 Å². The predicted octanol–water partition coefficient (Wildman–Crippen LogP) is 2.49. The largest absolute Gasteiger partial charge is 0.355 e. The first-order chi connectivity index (χ1) is 9.81. The zero-order chi connectivity index (χ0) is 14.2. The highest BCUT2D eigenvalue weighted by molar-refractivity contribution is 14.0. The molecule has 2 rings (SSSR count). The molecular weight excluding hydrogens is 397 g/mol. The van der Waals surface area contributed by atoms with Gasteiger partial charge in [0, 0.05) is 43.6 Å². The van der Waals surface area contributed by atoms with E-state index in [9.17, 15) is 0 Å². The van der Waals surface area contributed by atoms with Gasteiger partial charge in [0.2, 0.25) is 0 Å². The molecule has 0 spiro atoms. The van der Waals surface area contributed by atoms with Crippen LogP contribution in [0.3, 0.4) is 0 Å². The quantitative estimate of drug-likeness (QED) is 0.430. The number of thiazole rings is 1. The Morgan fingerprint density at radius 1 is 1.33 bits per heavy atom. The zero-order valence-electron chi connectivity index (χ0n) is 12.4. The maximum Gasteiger partial charge on any atom is 0.191 e. The lowest BCUT2D eigenvalue weighted by molar-refractivity contribution is 0.665. The molecule has 2 N–H and O–H groups in total. The molecule has 0 aliphatic heterocycles. The first kappa shape index (κ1) is 18.0. The Morgan fingerprint density at radius 3 is 2.71 bits per heavy atom. The van der Waals surface area contributed by atoms with Gasteiger partial charge in [0.15, 0.2) is 5.96 Å². The SMILES string of the molecule is CCc1cnc(CNC(=NC)NCCn2cccc2)s1.I. The van der Waals surface area contributed by atoms with Crippen LogP contribution in [0.1, 0.15) is 16.8 Å². The molecule has 0 amide bonds. The van der Waals surface area contributed by atoms with E-state index in [0.29, 0.717) is 6.54 Å². The van der Waals surface area contributed by atoms with Gasteiger partial charge in [-0.1, -0.05) is 6.92 Å². The first-order valence-corrected chi connectivity index (χ1v) is 7.62. The molecule has 0 aliphatic rings. The summed E-state index contributed by atoms with van der Waals surface area (Å²) in [5, 5.41) is 7.67. The third-order valence-corrected chi connectivity index (χ3v) is 4.05. The third-order valence-electron chi connectivity index (χ3n) is 2.91. The van der Waals surface area contributed by atoms with Crippen LogP contribution in [0.25, 0.3) is 0 Å². The molecular formula is C14H22IN5S. The highest BCUT2D eigenvalue weighted by atomic mass is 127. The number of hydrogen-bond donors (Lipinski definition) is 2. The van der Waals surface area contributed by atoms with Gasteiger partial charge >= 0.3 is 0 Å². The summed E-state index contributed by atoms with van der Waals surface area (Å²) in [6.07, 6.45) is 7.10. The molecule has 21 heavy (non-hydrogen) atoms. The van der Waals surface area contributed by atoms with Crippen LogP contribution in [-0.4, -0.2) is 29.1 Å². The highest BCUT2D eigenvalue weighted by Crippen LogP contribution is 2.12. The lowest BCUT2D eigenvalue weighted by Gasteiger charge is -2.11. The van der Waals surface area contributed by atoms with E-state index >= 15 is 0 Å². The average Bonchev–Trinajstić information content (AvgIpc) is 3.13. The van der Waals surface area contributed by atoms with Crippen molar-refractivity contribution in [3.05, 3.63) is 40.6 Å². The Hall–Kier alpha value is -1.09. The molecule has 116 valence electrons. The number of aryl methyl sites for hydroxylation is 1. The van der Waals surface area contributed by atoms with Crippen LogP contribution in [0.4, 0.5) is 0 Å². The standard InChI is InChI=1S/C14H21N5S.HI/c1-3-12-10-17-13(20-12)11-18-14(15-2)16-6-9-19-7-4-5-8-19;/h4-5,7-8,10H,3,6,9,11H2,1-2H3,(H2,15,16,18);1H. The smallest absolute Gasteiger partial charge is 0.191 e.